The predicted octanol–water partition coefficient (Wildman–Crippen LogP) is 3.46. The van der Waals surface area contributed by atoms with Gasteiger partial charge in [-0.1, -0.05) is 23.7 Å². The number of hydrogen-bond acceptors (Lipinski definition) is 3. The third-order valence-corrected chi connectivity index (χ3v) is 3.47. The first-order valence-electron chi connectivity index (χ1n) is 6.09. The van der Waals surface area contributed by atoms with E-state index >= 15 is 0 Å². The Morgan fingerprint density at radius 3 is 2.62 bits per heavy atom. The Morgan fingerprint density at radius 2 is 1.95 bits per heavy atom. The van der Waals surface area contributed by atoms with Crippen molar-refractivity contribution in [2.75, 3.05) is 16.3 Å². The highest BCUT2D eigenvalue weighted by molar-refractivity contribution is 7.92. The van der Waals surface area contributed by atoms with Crippen LogP contribution in [0.1, 0.15) is 5.56 Å². The average Bonchev–Trinajstić information content (AvgIpc) is 2.38. The molecule has 0 unspecified atom stereocenters. The van der Waals surface area contributed by atoms with Crippen molar-refractivity contribution in [3.05, 3.63) is 58.9 Å². The Hall–Kier alpha value is -1.79. The van der Waals surface area contributed by atoms with Gasteiger partial charge in [-0.25, -0.2) is 12.8 Å². The van der Waals surface area contributed by atoms with Gasteiger partial charge in [-0.15, -0.1) is 0 Å². The van der Waals surface area contributed by atoms with Crippen molar-refractivity contribution in [3.8, 4) is 0 Å². The lowest BCUT2D eigenvalue weighted by Gasteiger charge is -2.10. The fraction of sp³-hybridized carbons (Fsp3) is 0.143. The van der Waals surface area contributed by atoms with Crippen LogP contribution in [0, 0.1) is 5.82 Å². The highest BCUT2D eigenvalue weighted by Gasteiger charge is 2.08. The molecule has 0 saturated carbocycles. The van der Waals surface area contributed by atoms with Crippen LogP contribution in [0.2, 0.25) is 5.02 Å². The molecule has 0 bridgehead atoms. The molecular weight excluding hydrogens is 315 g/mol. The molecule has 0 spiro atoms. The summed E-state index contributed by atoms with van der Waals surface area (Å²) in [6.07, 6.45) is 0.971. The molecule has 2 aromatic rings. The second-order valence-electron chi connectivity index (χ2n) is 4.55. The zero-order valence-electron chi connectivity index (χ0n) is 11.2. The summed E-state index contributed by atoms with van der Waals surface area (Å²) in [7, 11) is -3.52. The van der Waals surface area contributed by atoms with Crippen molar-refractivity contribution in [1.29, 1.82) is 0 Å². The first-order chi connectivity index (χ1) is 9.83. The van der Waals surface area contributed by atoms with E-state index in [1.165, 1.54) is 18.2 Å². The van der Waals surface area contributed by atoms with Gasteiger partial charge in [-0.2, -0.15) is 0 Å². The molecule has 7 heteroatoms. The van der Waals surface area contributed by atoms with Crippen molar-refractivity contribution in [2.24, 2.45) is 0 Å². The molecule has 0 aliphatic rings. The van der Waals surface area contributed by atoms with Gasteiger partial charge >= 0.3 is 0 Å². The predicted molar refractivity (Wildman–Crippen MR) is 83.6 cm³/mol. The SMILES string of the molecule is CS(=O)(=O)Nc1cc(NCc2cccc(Cl)c2)ccc1F. The summed E-state index contributed by atoms with van der Waals surface area (Å²) in [6.45, 7) is 0.491. The Balaban J connectivity index is 2.12. The van der Waals surface area contributed by atoms with Crippen LogP contribution in [0.15, 0.2) is 42.5 Å². The minimum Gasteiger partial charge on any atom is -0.381 e. The molecule has 0 aromatic heterocycles. The highest BCUT2D eigenvalue weighted by Crippen LogP contribution is 2.21. The summed E-state index contributed by atoms with van der Waals surface area (Å²) >= 11 is 5.89. The normalized spacial score (nSPS) is 11.2. The summed E-state index contributed by atoms with van der Waals surface area (Å²) in [6, 6.07) is 11.5. The maximum absolute atomic E-state index is 13.5. The molecular formula is C14H14ClFN2O2S. The van der Waals surface area contributed by atoms with Gasteiger partial charge in [-0.05, 0) is 35.9 Å². The van der Waals surface area contributed by atoms with Crippen LogP contribution in [-0.2, 0) is 16.6 Å². The van der Waals surface area contributed by atoms with Crippen LogP contribution < -0.4 is 10.0 Å². The number of anilines is 2. The summed E-state index contributed by atoms with van der Waals surface area (Å²) in [5.74, 6) is -0.631. The van der Waals surface area contributed by atoms with Gasteiger partial charge in [0.05, 0.1) is 11.9 Å². The Morgan fingerprint density at radius 1 is 1.19 bits per heavy atom. The maximum Gasteiger partial charge on any atom is 0.229 e. The minimum atomic E-state index is -3.52. The summed E-state index contributed by atoms with van der Waals surface area (Å²) in [5, 5.41) is 3.71. The molecule has 0 saturated heterocycles. The Labute approximate surface area is 128 Å². The van der Waals surface area contributed by atoms with Gasteiger partial charge < -0.3 is 5.32 Å². The molecule has 2 N–H and O–H groups in total. The van der Waals surface area contributed by atoms with Crippen LogP contribution in [-0.4, -0.2) is 14.7 Å². The van der Waals surface area contributed by atoms with E-state index in [-0.39, 0.29) is 5.69 Å². The second-order valence-corrected chi connectivity index (χ2v) is 6.74. The Kier molecular flexibility index (Phi) is 4.69. The molecule has 0 aliphatic carbocycles. The largest absolute Gasteiger partial charge is 0.381 e. The fourth-order valence-electron chi connectivity index (χ4n) is 1.76. The second kappa shape index (κ2) is 6.32. The van der Waals surface area contributed by atoms with E-state index < -0.39 is 15.8 Å². The van der Waals surface area contributed by atoms with Crippen LogP contribution in [0.4, 0.5) is 15.8 Å². The van der Waals surface area contributed by atoms with Gasteiger partial charge in [0.1, 0.15) is 5.82 Å². The molecule has 0 aliphatic heterocycles. The van der Waals surface area contributed by atoms with Gasteiger partial charge in [0.25, 0.3) is 0 Å². The highest BCUT2D eigenvalue weighted by atomic mass is 35.5. The Bertz CT molecular complexity index is 750. The first-order valence-corrected chi connectivity index (χ1v) is 8.36. The zero-order valence-corrected chi connectivity index (χ0v) is 12.8. The van der Waals surface area contributed by atoms with Crippen molar-refractivity contribution in [1.82, 2.24) is 0 Å². The average molecular weight is 329 g/mol. The number of sulfonamides is 1. The number of nitrogens with one attached hydrogen (secondary N) is 2. The van der Waals surface area contributed by atoms with Crippen molar-refractivity contribution in [3.63, 3.8) is 0 Å². The van der Waals surface area contributed by atoms with E-state index in [1.807, 2.05) is 18.2 Å². The van der Waals surface area contributed by atoms with E-state index in [0.29, 0.717) is 17.3 Å². The van der Waals surface area contributed by atoms with E-state index in [1.54, 1.807) is 6.07 Å². The molecule has 112 valence electrons. The third-order valence-electron chi connectivity index (χ3n) is 2.65. The summed E-state index contributed by atoms with van der Waals surface area (Å²) < 4.78 is 38.0. The van der Waals surface area contributed by atoms with Crippen LogP contribution in [0.25, 0.3) is 0 Å². The lowest BCUT2D eigenvalue weighted by Crippen LogP contribution is -2.11. The number of rotatable bonds is 5. The van der Waals surface area contributed by atoms with E-state index in [4.69, 9.17) is 11.6 Å². The van der Waals surface area contributed by atoms with Crippen LogP contribution >= 0.6 is 11.6 Å². The molecule has 2 rings (SSSR count). The topological polar surface area (TPSA) is 58.2 Å². The quantitative estimate of drug-likeness (QED) is 0.883. The molecule has 0 heterocycles. The maximum atomic E-state index is 13.5. The standard InChI is InChI=1S/C14H14ClFN2O2S/c1-21(19,20)18-14-8-12(5-6-13(14)16)17-9-10-3-2-4-11(15)7-10/h2-8,17-18H,9H2,1H3. The lowest BCUT2D eigenvalue weighted by molar-refractivity contribution is 0.604. The summed E-state index contributed by atoms with van der Waals surface area (Å²) in [4.78, 5) is 0. The van der Waals surface area contributed by atoms with E-state index in [2.05, 4.69) is 10.0 Å². The number of hydrogen-bond donors (Lipinski definition) is 2. The number of halogens is 2. The van der Waals surface area contributed by atoms with Gasteiger partial charge in [-0.3, -0.25) is 4.72 Å². The van der Waals surface area contributed by atoms with Crippen molar-refractivity contribution in [2.45, 2.75) is 6.54 Å². The molecule has 4 nitrogen and oxygen atoms in total. The van der Waals surface area contributed by atoms with Crippen LogP contribution in [0.3, 0.4) is 0 Å². The molecule has 0 radical (unpaired) electrons. The van der Waals surface area contributed by atoms with Gasteiger partial charge in [0.15, 0.2) is 0 Å². The molecule has 0 fully saturated rings. The third kappa shape index (κ3) is 4.91. The summed E-state index contributed by atoms with van der Waals surface area (Å²) in [5.41, 5.74) is 1.47. The van der Waals surface area contributed by atoms with E-state index in [0.717, 1.165) is 11.8 Å². The monoisotopic (exact) mass is 328 g/mol. The molecule has 0 amide bonds. The van der Waals surface area contributed by atoms with Gasteiger partial charge in [0, 0.05) is 17.3 Å². The lowest BCUT2D eigenvalue weighted by atomic mass is 10.2. The first kappa shape index (κ1) is 15.6. The molecule has 21 heavy (non-hydrogen) atoms. The minimum absolute atomic E-state index is 0.0893. The molecule has 2 aromatic carbocycles. The smallest absolute Gasteiger partial charge is 0.229 e. The fourth-order valence-corrected chi connectivity index (χ4v) is 2.53. The van der Waals surface area contributed by atoms with Crippen molar-refractivity contribution >= 4 is 33.0 Å². The van der Waals surface area contributed by atoms with E-state index in [9.17, 15) is 12.8 Å². The van der Waals surface area contributed by atoms with Gasteiger partial charge in [0.2, 0.25) is 10.0 Å². The molecule has 0 atom stereocenters. The van der Waals surface area contributed by atoms with Crippen LogP contribution in [0.5, 0.6) is 0 Å². The van der Waals surface area contributed by atoms with Crippen molar-refractivity contribution < 1.29 is 12.8 Å². The zero-order chi connectivity index (χ0) is 15.5. The number of benzene rings is 2.